The first kappa shape index (κ1) is 15.9. The molecule has 3 rings (SSSR count). The van der Waals surface area contributed by atoms with Crippen molar-refractivity contribution in [3.63, 3.8) is 0 Å². The maximum Gasteiger partial charge on any atom is 0.144 e. The van der Waals surface area contributed by atoms with Crippen LogP contribution in [0.2, 0.25) is 0 Å². The first-order valence-corrected chi connectivity index (χ1v) is 7.78. The van der Waals surface area contributed by atoms with Gasteiger partial charge in [-0.1, -0.05) is 23.1 Å². The first-order valence-electron chi connectivity index (χ1n) is 7.78. The standard InChI is InChI=1S/C20H19NO3/c1-22-17-11-9-16(10-12-17)20-14-19(24-21-20)8-4-6-15-5-3-7-18(13-15)23-2/h3,5,7,9-13,19H,8,14H2,1-2H3. The number of nitrogens with zero attached hydrogens (tertiary/aromatic N) is 1. The zero-order chi connectivity index (χ0) is 16.8. The Bertz CT molecular complexity index is 785. The largest absolute Gasteiger partial charge is 0.497 e. The van der Waals surface area contributed by atoms with Gasteiger partial charge in [-0.3, -0.25) is 0 Å². The second-order valence-electron chi connectivity index (χ2n) is 5.44. The molecule has 0 saturated carbocycles. The van der Waals surface area contributed by atoms with E-state index in [0.29, 0.717) is 6.42 Å². The van der Waals surface area contributed by atoms with E-state index in [1.54, 1.807) is 14.2 Å². The number of hydrogen-bond acceptors (Lipinski definition) is 4. The summed E-state index contributed by atoms with van der Waals surface area (Å²) in [5, 5.41) is 4.18. The molecule has 1 heterocycles. The smallest absolute Gasteiger partial charge is 0.144 e. The molecule has 2 aromatic carbocycles. The molecule has 0 aromatic heterocycles. The minimum Gasteiger partial charge on any atom is -0.497 e. The summed E-state index contributed by atoms with van der Waals surface area (Å²) in [6.45, 7) is 0. The lowest BCUT2D eigenvalue weighted by atomic mass is 10.0. The van der Waals surface area contributed by atoms with Crippen LogP contribution in [0.1, 0.15) is 24.0 Å². The quantitative estimate of drug-likeness (QED) is 0.807. The van der Waals surface area contributed by atoms with Crippen molar-refractivity contribution in [3.05, 3.63) is 59.7 Å². The molecule has 0 spiro atoms. The second-order valence-corrected chi connectivity index (χ2v) is 5.44. The summed E-state index contributed by atoms with van der Waals surface area (Å²) in [6, 6.07) is 15.5. The molecule has 24 heavy (non-hydrogen) atoms. The van der Waals surface area contributed by atoms with Gasteiger partial charge in [0.15, 0.2) is 0 Å². The van der Waals surface area contributed by atoms with Crippen molar-refractivity contribution in [2.24, 2.45) is 5.16 Å². The van der Waals surface area contributed by atoms with Crippen molar-refractivity contribution in [1.82, 2.24) is 0 Å². The average molecular weight is 321 g/mol. The number of benzene rings is 2. The lowest BCUT2D eigenvalue weighted by molar-refractivity contribution is 0.0894. The molecular weight excluding hydrogens is 302 g/mol. The van der Waals surface area contributed by atoms with E-state index in [1.165, 1.54) is 0 Å². The lowest BCUT2D eigenvalue weighted by Crippen LogP contribution is -2.07. The van der Waals surface area contributed by atoms with Gasteiger partial charge >= 0.3 is 0 Å². The molecule has 122 valence electrons. The summed E-state index contributed by atoms with van der Waals surface area (Å²) in [6.07, 6.45) is 1.40. The third kappa shape index (κ3) is 3.88. The third-order valence-corrected chi connectivity index (χ3v) is 3.79. The van der Waals surface area contributed by atoms with Gasteiger partial charge in [0.05, 0.1) is 19.9 Å². The Morgan fingerprint density at radius 3 is 2.62 bits per heavy atom. The normalized spacial score (nSPS) is 15.8. The van der Waals surface area contributed by atoms with Gasteiger partial charge in [-0.2, -0.15) is 0 Å². The third-order valence-electron chi connectivity index (χ3n) is 3.79. The van der Waals surface area contributed by atoms with Gasteiger partial charge in [-0.15, -0.1) is 0 Å². The minimum absolute atomic E-state index is 0.000194. The van der Waals surface area contributed by atoms with E-state index in [1.807, 2.05) is 48.5 Å². The first-order chi connectivity index (χ1) is 11.8. The molecule has 0 saturated heterocycles. The molecule has 1 atom stereocenters. The highest BCUT2D eigenvalue weighted by Gasteiger charge is 2.21. The predicted molar refractivity (Wildman–Crippen MR) is 93.5 cm³/mol. The van der Waals surface area contributed by atoms with Crippen molar-refractivity contribution < 1.29 is 14.3 Å². The number of rotatable bonds is 4. The molecule has 0 aliphatic carbocycles. The molecule has 0 amide bonds. The fourth-order valence-electron chi connectivity index (χ4n) is 2.46. The van der Waals surface area contributed by atoms with E-state index >= 15 is 0 Å². The molecule has 1 aliphatic heterocycles. The maximum absolute atomic E-state index is 5.49. The molecule has 1 unspecified atom stereocenters. The van der Waals surface area contributed by atoms with Crippen LogP contribution >= 0.6 is 0 Å². The van der Waals surface area contributed by atoms with Crippen LogP contribution in [0.4, 0.5) is 0 Å². The summed E-state index contributed by atoms with van der Waals surface area (Å²) >= 11 is 0. The molecule has 0 N–H and O–H groups in total. The molecule has 1 aliphatic rings. The van der Waals surface area contributed by atoms with Crippen molar-refractivity contribution in [1.29, 1.82) is 0 Å². The fraction of sp³-hybridized carbons (Fsp3) is 0.250. The van der Waals surface area contributed by atoms with Gasteiger partial charge in [-0.05, 0) is 48.0 Å². The van der Waals surface area contributed by atoms with E-state index in [-0.39, 0.29) is 6.10 Å². The van der Waals surface area contributed by atoms with E-state index in [9.17, 15) is 0 Å². The Morgan fingerprint density at radius 1 is 1.08 bits per heavy atom. The van der Waals surface area contributed by atoms with Crippen LogP contribution in [0.25, 0.3) is 0 Å². The van der Waals surface area contributed by atoms with Crippen LogP contribution in [0.15, 0.2) is 53.7 Å². The highest BCUT2D eigenvalue weighted by atomic mass is 16.6. The van der Waals surface area contributed by atoms with Crippen LogP contribution in [0.5, 0.6) is 11.5 Å². The molecule has 0 radical (unpaired) electrons. The zero-order valence-electron chi connectivity index (χ0n) is 13.8. The number of methoxy groups -OCH3 is 2. The number of hydrogen-bond donors (Lipinski definition) is 0. The predicted octanol–water partition coefficient (Wildman–Crippen LogP) is 3.64. The van der Waals surface area contributed by atoms with E-state index in [0.717, 1.165) is 34.8 Å². The monoisotopic (exact) mass is 321 g/mol. The SMILES string of the molecule is COc1ccc(C2=NOC(CC#Cc3cccc(OC)c3)C2)cc1. The van der Waals surface area contributed by atoms with Crippen molar-refractivity contribution in [2.45, 2.75) is 18.9 Å². The summed E-state index contributed by atoms with van der Waals surface area (Å²) < 4.78 is 10.4. The van der Waals surface area contributed by atoms with Gasteiger partial charge in [0.25, 0.3) is 0 Å². The van der Waals surface area contributed by atoms with Crippen LogP contribution in [0, 0.1) is 11.8 Å². The summed E-state index contributed by atoms with van der Waals surface area (Å²) in [5.41, 5.74) is 2.94. The van der Waals surface area contributed by atoms with E-state index in [2.05, 4.69) is 17.0 Å². The van der Waals surface area contributed by atoms with Crippen molar-refractivity contribution in [3.8, 4) is 23.3 Å². The molecule has 0 bridgehead atoms. The van der Waals surface area contributed by atoms with Crippen LogP contribution in [-0.4, -0.2) is 26.0 Å². The van der Waals surface area contributed by atoms with E-state index < -0.39 is 0 Å². The Labute approximate surface area is 142 Å². The molecule has 0 fully saturated rings. The van der Waals surface area contributed by atoms with Crippen LogP contribution < -0.4 is 9.47 Å². The lowest BCUT2D eigenvalue weighted by Gasteiger charge is -2.03. The Morgan fingerprint density at radius 2 is 1.88 bits per heavy atom. The highest BCUT2D eigenvalue weighted by Crippen LogP contribution is 2.20. The Balaban J connectivity index is 1.56. The van der Waals surface area contributed by atoms with Gasteiger partial charge in [-0.25, -0.2) is 0 Å². The Kier molecular flexibility index (Phi) is 5.02. The maximum atomic E-state index is 5.49. The minimum atomic E-state index is 0.000194. The topological polar surface area (TPSA) is 40.0 Å². The average Bonchev–Trinajstić information content (AvgIpc) is 3.11. The number of oxime groups is 1. The summed E-state index contributed by atoms with van der Waals surface area (Å²) in [4.78, 5) is 5.49. The summed E-state index contributed by atoms with van der Waals surface area (Å²) in [5.74, 6) is 7.94. The van der Waals surface area contributed by atoms with E-state index in [4.69, 9.17) is 14.3 Å². The van der Waals surface area contributed by atoms with Crippen molar-refractivity contribution in [2.75, 3.05) is 14.2 Å². The molecular formula is C20H19NO3. The second kappa shape index (κ2) is 7.56. The fourth-order valence-corrected chi connectivity index (χ4v) is 2.46. The number of ether oxygens (including phenoxy) is 2. The van der Waals surface area contributed by atoms with Gasteiger partial charge in [0.1, 0.15) is 17.6 Å². The molecule has 4 heteroatoms. The van der Waals surface area contributed by atoms with Gasteiger partial charge < -0.3 is 14.3 Å². The van der Waals surface area contributed by atoms with Gasteiger partial charge in [0.2, 0.25) is 0 Å². The molecule has 4 nitrogen and oxygen atoms in total. The zero-order valence-corrected chi connectivity index (χ0v) is 13.8. The summed E-state index contributed by atoms with van der Waals surface area (Å²) in [7, 11) is 3.30. The van der Waals surface area contributed by atoms with Gasteiger partial charge in [0, 0.05) is 18.4 Å². The molecule has 2 aromatic rings. The van der Waals surface area contributed by atoms with Crippen molar-refractivity contribution >= 4 is 5.71 Å². The Hall–Kier alpha value is -2.93. The highest BCUT2D eigenvalue weighted by molar-refractivity contribution is 6.01. The van der Waals surface area contributed by atoms with Crippen LogP contribution in [0.3, 0.4) is 0 Å². The van der Waals surface area contributed by atoms with Crippen LogP contribution in [-0.2, 0) is 4.84 Å².